The van der Waals surface area contributed by atoms with Crippen molar-refractivity contribution in [2.24, 2.45) is 5.73 Å². The predicted molar refractivity (Wildman–Crippen MR) is 172 cm³/mol. The first kappa shape index (κ1) is 40.2. The molecule has 0 aromatic rings. The minimum absolute atomic E-state index is 0.0313. The van der Waals surface area contributed by atoms with E-state index in [0.29, 0.717) is 12.8 Å². The lowest BCUT2D eigenvalue weighted by molar-refractivity contribution is -0.124. The van der Waals surface area contributed by atoms with E-state index < -0.39 is 38.6 Å². The lowest BCUT2D eigenvalue weighted by Crippen LogP contribution is -2.46. The summed E-state index contributed by atoms with van der Waals surface area (Å²) >= 11 is 0. The number of amides is 1. The summed E-state index contributed by atoms with van der Waals surface area (Å²) in [4.78, 5) is 22.4. The fourth-order valence-corrected chi connectivity index (χ4v) is 4.62. The van der Waals surface area contributed by atoms with Gasteiger partial charge in [0.1, 0.15) is 0 Å². The van der Waals surface area contributed by atoms with E-state index in [0.717, 1.165) is 25.7 Å². The second kappa shape index (κ2) is 28.0. The highest BCUT2D eigenvalue weighted by Crippen LogP contribution is 2.43. The van der Waals surface area contributed by atoms with Gasteiger partial charge in [0.05, 0.1) is 37.9 Å². The summed E-state index contributed by atoms with van der Waals surface area (Å²) in [5.41, 5.74) is 5.30. The van der Waals surface area contributed by atoms with Crippen molar-refractivity contribution in [3.63, 3.8) is 0 Å². The molecule has 6 N–H and O–H groups in total. The minimum Gasteiger partial charge on any atom is -0.389 e. The van der Waals surface area contributed by atoms with Crippen LogP contribution in [0.4, 0.5) is 0 Å². The van der Waals surface area contributed by atoms with Gasteiger partial charge in [-0.3, -0.25) is 13.8 Å². The van der Waals surface area contributed by atoms with Gasteiger partial charge in [0.15, 0.2) is 0 Å². The van der Waals surface area contributed by atoms with Gasteiger partial charge < -0.3 is 26.2 Å². The number of carbonyl (C=O) groups excluding carboxylic acids is 1. The molecule has 0 aliphatic carbocycles. The van der Waals surface area contributed by atoms with E-state index in [4.69, 9.17) is 14.8 Å². The zero-order valence-electron chi connectivity index (χ0n) is 25.8. The third-order valence-corrected chi connectivity index (χ3v) is 7.18. The molecule has 0 fully saturated rings. The molecular formula is C32H57N2O7P. The molecular weight excluding hydrogens is 555 g/mol. The fraction of sp³-hybridized carbons (Fsp3) is 0.656. The summed E-state index contributed by atoms with van der Waals surface area (Å²) in [6, 6.07) is -1.03. The number of carbonyl (C=O) groups is 1. The molecule has 10 heteroatoms. The maximum atomic E-state index is 12.6. The second-order valence-corrected chi connectivity index (χ2v) is 11.6. The smallest absolute Gasteiger partial charge is 0.389 e. The van der Waals surface area contributed by atoms with Crippen LogP contribution in [0.15, 0.2) is 60.8 Å². The SMILES string of the molecule is C/C=C/CC/C=C/CC/C=C/C(O)C(COP(=O)(O)OCCN)NC(=O)CC(O)/C=C\C/C=C\CCCCCCCC. The molecule has 42 heavy (non-hydrogen) atoms. The monoisotopic (exact) mass is 612 g/mol. The van der Waals surface area contributed by atoms with Crippen molar-refractivity contribution in [3.8, 4) is 0 Å². The molecule has 0 bridgehead atoms. The molecule has 0 aliphatic rings. The maximum Gasteiger partial charge on any atom is 0.472 e. The van der Waals surface area contributed by atoms with Crippen LogP contribution >= 0.6 is 7.82 Å². The number of aliphatic hydroxyl groups excluding tert-OH is 2. The van der Waals surface area contributed by atoms with Crippen LogP contribution in [-0.4, -0.2) is 59.0 Å². The normalized spacial score (nSPS) is 16.2. The van der Waals surface area contributed by atoms with Gasteiger partial charge in [-0.25, -0.2) is 4.57 Å². The van der Waals surface area contributed by atoms with Gasteiger partial charge >= 0.3 is 7.82 Å². The topological polar surface area (TPSA) is 151 Å². The Hall–Kier alpha value is -1.84. The Morgan fingerprint density at radius 2 is 1.50 bits per heavy atom. The summed E-state index contributed by atoms with van der Waals surface area (Å²) in [6.45, 7) is 3.58. The van der Waals surface area contributed by atoms with Crippen molar-refractivity contribution in [1.29, 1.82) is 0 Å². The molecule has 0 rings (SSSR count). The summed E-state index contributed by atoms with van der Waals surface area (Å²) in [5.74, 6) is -0.536. The Labute approximate surface area is 254 Å². The van der Waals surface area contributed by atoms with E-state index in [9.17, 15) is 24.5 Å². The van der Waals surface area contributed by atoms with Crippen molar-refractivity contribution in [2.45, 2.75) is 116 Å². The van der Waals surface area contributed by atoms with E-state index in [1.54, 1.807) is 18.2 Å². The lowest BCUT2D eigenvalue weighted by Gasteiger charge is -2.23. The second-order valence-electron chi connectivity index (χ2n) is 10.1. The average molecular weight is 613 g/mol. The van der Waals surface area contributed by atoms with Gasteiger partial charge in [0, 0.05) is 6.54 Å². The Morgan fingerprint density at radius 1 is 0.857 bits per heavy atom. The number of nitrogens with one attached hydrogen (secondary N) is 1. The van der Waals surface area contributed by atoms with E-state index in [1.807, 2.05) is 19.1 Å². The number of phosphoric acid groups is 1. The summed E-state index contributed by atoms with van der Waals surface area (Å²) < 4.78 is 21.8. The Bertz CT molecular complexity index is 858. The third kappa shape index (κ3) is 25.8. The largest absolute Gasteiger partial charge is 0.472 e. The Kier molecular flexibility index (Phi) is 26.7. The van der Waals surface area contributed by atoms with E-state index in [1.165, 1.54) is 44.6 Å². The van der Waals surface area contributed by atoms with Crippen molar-refractivity contribution >= 4 is 13.7 Å². The summed E-state index contributed by atoms with van der Waals surface area (Å²) in [6.07, 6.45) is 29.4. The molecule has 242 valence electrons. The number of rotatable bonds is 27. The van der Waals surface area contributed by atoms with Gasteiger partial charge in [-0.2, -0.15) is 0 Å². The van der Waals surface area contributed by atoms with Crippen molar-refractivity contribution in [1.82, 2.24) is 5.32 Å². The van der Waals surface area contributed by atoms with E-state index in [-0.39, 0.29) is 19.6 Å². The number of nitrogens with two attached hydrogens (primary N) is 1. The first-order valence-corrected chi connectivity index (χ1v) is 17.0. The number of unbranched alkanes of at least 4 members (excludes halogenated alkanes) is 8. The highest BCUT2D eigenvalue weighted by Gasteiger charge is 2.27. The number of phosphoric ester groups is 1. The standard InChI is InChI=1S/C32H57N2O7P/c1-3-5-7-9-11-13-14-16-17-19-21-23-29(35)27-32(37)34-30(28-41-42(38,39)40-26-25-33)31(36)24-22-20-18-15-12-10-8-6-4-2/h4,6,12,15-17,21-24,29-31,35-36H,3,5,7-11,13-14,18-20,25-28,33H2,1-2H3,(H,34,37)(H,38,39)/b6-4+,15-12+,17-16-,23-21-,24-22+. The van der Waals surface area contributed by atoms with Gasteiger partial charge in [-0.15, -0.1) is 0 Å². The Balaban J connectivity index is 4.75. The predicted octanol–water partition coefficient (Wildman–Crippen LogP) is 6.18. The van der Waals surface area contributed by atoms with E-state index in [2.05, 4.69) is 36.5 Å². The van der Waals surface area contributed by atoms with Gasteiger partial charge in [0.2, 0.25) is 5.91 Å². The number of aliphatic hydroxyl groups is 2. The Morgan fingerprint density at radius 3 is 2.19 bits per heavy atom. The molecule has 0 saturated heterocycles. The molecule has 0 aromatic carbocycles. The first-order chi connectivity index (χ1) is 20.3. The average Bonchev–Trinajstić information content (AvgIpc) is 2.96. The van der Waals surface area contributed by atoms with Crippen LogP contribution in [0.5, 0.6) is 0 Å². The van der Waals surface area contributed by atoms with Gasteiger partial charge in [-0.05, 0) is 51.9 Å². The third-order valence-electron chi connectivity index (χ3n) is 6.20. The molecule has 0 aliphatic heterocycles. The zero-order chi connectivity index (χ0) is 31.3. The number of allylic oxidation sites excluding steroid dienone is 8. The van der Waals surface area contributed by atoms with Crippen molar-refractivity contribution < 1.29 is 33.5 Å². The van der Waals surface area contributed by atoms with Crippen LogP contribution in [0.1, 0.15) is 97.3 Å². The fourth-order valence-electron chi connectivity index (χ4n) is 3.86. The highest BCUT2D eigenvalue weighted by atomic mass is 31.2. The van der Waals surface area contributed by atoms with Crippen molar-refractivity contribution in [3.05, 3.63) is 60.8 Å². The highest BCUT2D eigenvalue weighted by molar-refractivity contribution is 7.47. The molecule has 9 nitrogen and oxygen atoms in total. The van der Waals surface area contributed by atoms with Gasteiger partial charge in [0.25, 0.3) is 0 Å². The van der Waals surface area contributed by atoms with Crippen LogP contribution in [0.2, 0.25) is 0 Å². The van der Waals surface area contributed by atoms with Crippen molar-refractivity contribution in [2.75, 3.05) is 19.8 Å². The minimum atomic E-state index is -4.41. The maximum absolute atomic E-state index is 12.6. The molecule has 4 atom stereocenters. The summed E-state index contributed by atoms with van der Waals surface area (Å²) in [5, 5.41) is 23.5. The zero-order valence-corrected chi connectivity index (χ0v) is 26.7. The van der Waals surface area contributed by atoms with Crippen LogP contribution in [-0.2, 0) is 18.4 Å². The molecule has 0 heterocycles. The molecule has 0 saturated carbocycles. The molecule has 4 unspecified atom stereocenters. The van der Waals surface area contributed by atoms with Crippen LogP contribution in [0.25, 0.3) is 0 Å². The van der Waals surface area contributed by atoms with Gasteiger partial charge in [-0.1, -0.05) is 99.8 Å². The van der Waals surface area contributed by atoms with Crippen LogP contribution < -0.4 is 11.1 Å². The quantitative estimate of drug-likeness (QED) is 0.0419. The molecule has 0 radical (unpaired) electrons. The first-order valence-electron chi connectivity index (χ1n) is 15.5. The number of hydrogen-bond donors (Lipinski definition) is 5. The summed E-state index contributed by atoms with van der Waals surface area (Å²) in [7, 11) is -4.41. The van der Waals surface area contributed by atoms with Crippen LogP contribution in [0.3, 0.4) is 0 Å². The molecule has 0 spiro atoms. The molecule has 1 amide bonds. The van der Waals surface area contributed by atoms with Crippen LogP contribution in [0, 0.1) is 0 Å². The lowest BCUT2D eigenvalue weighted by atomic mass is 10.1. The molecule has 0 aromatic heterocycles. The van der Waals surface area contributed by atoms with E-state index >= 15 is 0 Å². The number of hydrogen-bond acceptors (Lipinski definition) is 7.